The maximum atomic E-state index is 8.85. The van der Waals surface area contributed by atoms with E-state index in [0.29, 0.717) is 34.4 Å². The number of aryl methyl sites for hydroxylation is 1. The predicted molar refractivity (Wildman–Crippen MR) is 70.5 cm³/mol. The van der Waals surface area contributed by atoms with E-state index in [4.69, 9.17) is 15.8 Å². The van der Waals surface area contributed by atoms with Crippen molar-refractivity contribution < 1.29 is 4.74 Å². The maximum Gasteiger partial charge on any atom is 0.227 e. The molecule has 6 nitrogen and oxygen atoms in total. The number of nitrogens with two attached hydrogens (primary N) is 1. The Bertz CT molecular complexity index is 648. The van der Waals surface area contributed by atoms with E-state index in [1.807, 2.05) is 0 Å². The number of hydrogen-bond donors (Lipinski definition) is 2. The van der Waals surface area contributed by atoms with Crippen LogP contribution in [0.3, 0.4) is 0 Å². The van der Waals surface area contributed by atoms with Gasteiger partial charge in [-0.1, -0.05) is 6.07 Å². The van der Waals surface area contributed by atoms with Crippen LogP contribution in [0.5, 0.6) is 11.6 Å². The van der Waals surface area contributed by atoms with Crippen molar-refractivity contribution in [2.75, 3.05) is 5.43 Å². The van der Waals surface area contributed by atoms with E-state index in [1.165, 1.54) is 0 Å². The molecule has 0 aliphatic heterocycles. The number of nitrogen functional groups attached to an aromatic ring is 1. The molecule has 0 radical (unpaired) electrons. The fraction of sp³-hybridized carbons (Fsp3) is 0.154. The molecule has 1 aromatic carbocycles. The van der Waals surface area contributed by atoms with Gasteiger partial charge in [-0.2, -0.15) is 10.2 Å². The number of hydrazine groups is 1. The van der Waals surface area contributed by atoms with Gasteiger partial charge in [-0.3, -0.25) is 0 Å². The van der Waals surface area contributed by atoms with Gasteiger partial charge in [0, 0.05) is 0 Å². The standard InChI is InChI=1S/C13H13N5O/c1-8-12(18-15)16-9(2)17-13(8)19-11-5-3-4-10(6-11)7-14/h3-6H,15H2,1-2H3,(H,16,17,18). The lowest BCUT2D eigenvalue weighted by molar-refractivity contribution is 0.456. The van der Waals surface area contributed by atoms with E-state index >= 15 is 0 Å². The molecule has 0 unspecified atom stereocenters. The van der Waals surface area contributed by atoms with Crippen molar-refractivity contribution in [1.29, 1.82) is 5.26 Å². The summed E-state index contributed by atoms with van der Waals surface area (Å²) < 4.78 is 5.68. The highest BCUT2D eigenvalue weighted by molar-refractivity contribution is 5.49. The largest absolute Gasteiger partial charge is 0.439 e. The Balaban J connectivity index is 2.38. The molecule has 0 spiro atoms. The van der Waals surface area contributed by atoms with Crippen LogP contribution in [0.4, 0.5) is 5.82 Å². The van der Waals surface area contributed by atoms with Gasteiger partial charge >= 0.3 is 0 Å². The van der Waals surface area contributed by atoms with Gasteiger partial charge in [0.1, 0.15) is 17.4 Å². The zero-order chi connectivity index (χ0) is 13.8. The molecule has 2 rings (SSSR count). The minimum atomic E-state index is 0.413. The van der Waals surface area contributed by atoms with Crippen molar-refractivity contribution in [3.63, 3.8) is 0 Å². The summed E-state index contributed by atoms with van der Waals surface area (Å²) in [6, 6.07) is 8.91. The minimum absolute atomic E-state index is 0.413. The molecule has 6 heteroatoms. The molecular formula is C13H13N5O. The highest BCUT2D eigenvalue weighted by Crippen LogP contribution is 2.26. The normalized spacial score (nSPS) is 9.79. The second kappa shape index (κ2) is 5.33. The maximum absolute atomic E-state index is 8.85. The van der Waals surface area contributed by atoms with E-state index in [-0.39, 0.29) is 0 Å². The van der Waals surface area contributed by atoms with E-state index in [0.717, 1.165) is 0 Å². The lowest BCUT2D eigenvalue weighted by atomic mass is 10.2. The van der Waals surface area contributed by atoms with Crippen molar-refractivity contribution in [3.05, 3.63) is 41.2 Å². The summed E-state index contributed by atoms with van der Waals surface area (Å²) in [7, 11) is 0. The van der Waals surface area contributed by atoms with E-state index in [1.54, 1.807) is 38.1 Å². The second-order valence-electron chi connectivity index (χ2n) is 3.94. The van der Waals surface area contributed by atoms with E-state index in [9.17, 15) is 0 Å². The number of anilines is 1. The Morgan fingerprint density at radius 2 is 2.11 bits per heavy atom. The van der Waals surface area contributed by atoms with Crippen molar-refractivity contribution >= 4 is 5.82 Å². The number of rotatable bonds is 3. The first-order valence-electron chi connectivity index (χ1n) is 5.64. The minimum Gasteiger partial charge on any atom is -0.439 e. The number of benzene rings is 1. The van der Waals surface area contributed by atoms with Crippen LogP contribution in [0.25, 0.3) is 0 Å². The monoisotopic (exact) mass is 255 g/mol. The molecular weight excluding hydrogens is 242 g/mol. The first kappa shape index (κ1) is 12.8. The summed E-state index contributed by atoms with van der Waals surface area (Å²) in [5, 5.41) is 8.85. The third-order valence-corrected chi connectivity index (χ3v) is 2.53. The molecule has 0 fully saturated rings. The van der Waals surface area contributed by atoms with Gasteiger partial charge in [-0.15, -0.1) is 0 Å². The molecule has 0 amide bonds. The Morgan fingerprint density at radius 1 is 1.32 bits per heavy atom. The summed E-state index contributed by atoms with van der Waals surface area (Å²) in [6.07, 6.45) is 0. The van der Waals surface area contributed by atoms with Crippen molar-refractivity contribution in [1.82, 2.24) is 9.97 Å². The van der Waals surface area contributed by atoms with Crippen molar-refractivity contribution in [2.45, 2.75) is 13.8 Å². The third kappa shape index (κ3) is 2.78. The molecule has 0 saturated carbocycles. The van der Waals surface area contributed by atoms with Crippen LogP contribution in [0.2, 0.25) is 0 Å². The molecule has 96 valence electrons. The van der Waals surface area contributed by atoms with Gasteiger partial charge in [0.15, 0.2) is 0 Å². The van der Waals surface area contributed by atoms with Crippen LogP contribution in [-0.4, -0.2) is 9.97 Å². The predicted octanol–water partition coefficient (Wildman–Crippen LogP) is 2.04. The second-order valence-corrected chi connectivity index (χ2v) is 3.94. The summed E-state index contributed by atoms with van der Waals surface area (Å²) in [5.41, 5.74) is 3.73. The van der Waals surface area contributed by atoms with Gasteiger partial charge in [0.2, 0.25) is 5.88 Å². The Hall–Kier alpha value is -2.65. The molecule has 1 heterocycles. The topological polar surface area (TPSA) is 96.9 Å². The van der Waals surface area contributed by atoms with Crippen LogP contribution in [-0.2, 0) is 0 Å². The van der Waals surface area contributed by atoms with E-state index < -0.39 is 0 Å². The Morgan fingerprint density at radius 3 is 2.79 bits per heavy atom. The highest BCUT2D eigenvalue weighted by atomic mass is 16.5. The number of nitrogens with one attached hydrogen (secondary N) is 1. The van der Waals surface area contributed by atoms with Crippen LogP contribution < -0.4 is 16.0 Å². The summed E-state index contributed by atoms with van der Waals surface area (Å²) in [6.45, 7) is 3.55. The molecule has 2 aromatic rings. The highest BCUT2D eigenvalue weighted by Gasteiger charge is 2.10. The fourth-order valence-electron chi connectivity index (χ4n) is 1.58. The first-order chi connectivity index (χ1) is 9.13. The van der Waals surface area contributed by atoms with Crippen LogP contribution in [0, 0.1) is 25.2 Å². The Kier molecular flexibility index (Phi) is 3.59. The number of ether oxygens (including phenoxy) is 1. The summed E-state index contributed by atoms with van der Waals surface area (Å²) in [4.78, 5) is 8.37. The van der Waals surface area contributed by atoms with Crippen LogP contribution in [0.1, 0.15) is 17.0 Å². The zero-order valence-corrected chi connectivity index (χ0v) is 10.6. The van der Waals surface area contributed by atoms with Gasteiger partial charge in [-0.25, -0.2) is 10.8 Å². The fourth-order valence-corrected chi connectivity index (χ4v) is 1.58. The molecule has 0 saturated heterocycles. The molecule has 19 heavy (non-hydrogen) atoms. The first-order valence-corrected chi connectivity index (χ1v) is 5.64. The van der Waals surface area contributed by atoms with Crippen molar-refractivity contribution in [2.24, 2.45) is 5.84 Å². The lowest BCUT2D eigenvalue weighted by Gasteiger charge is -2.11. The number of nitrogens with zero attached hydrogens (tertiary/aromatic N) is 3. The van der Waals surface area contributed by atoms with Gasteiger partial charge in [0.25, 0.3) is 0 Å². The van der Waals surface area contributed by atoms with Gasteiger partial charge in [0.05, 0.1) is 17.2 Å². The smallest absolute Gasteiger partial charge is 0.227 e. The molecule has 1 aromatic heterocycles. The average Bonchev–Trinajstić information content (AvgIpc) is 2.42. The Labute approximate surface area is 110 Å². The summed E-state index contributed by atoms with van der Waals surface area (Å²) in [5.74, 6) is 7.40. The molecule has 0 atom stereocenters. The molecule has 0 aliphatic carbocycles. The SMILES string of the molecule is Cc1nc(NN)c(C)c(Oc2cccc(C#N)c2)n1. The lowest BCUT2D eigenvalue weighted by Crippen LogP contribution is -2.12. The number of hydrogen-bond acceptors (Lipinski definition) is 6. The van der Waals surface area contributed by atoms with Crippen LogP contribution in [0.15, 0.2) is 24.3 Å². The molecule has 0 bridgehead atoms. The van der Waals surface area contributed by atoms with Crippen molar-refractivity contribution in [3.8, 4) is 17.7 Å². The van der Waals surface area contributed by atoms with Gasteiger partial charge < -0.3 is 10.2 Å². The zero-order valence-electron chi connectivity index (χ0n) is 10.6. The number of nitriles is 1. The third-order valence-electron chi connectivity index (χ3n) is 2.53. The summed E-state index contributed by atoms with van der Waals surface area (Å²) >= 11 is 0. The van der Waals surface area contributed by atoms with Gasteiger partial charge in [-0.05, 0) is 32.0 Å². The van der Waals surface area contributed by atoms with Crippen LogP contribution >= 0.6 is 0 Å². The quantitative estimate of drug-likeness (QED) is 0.643. The molecule has 0 aliphatic rings. The number of aromatic nitrogens is 2. The van der Waals surface area contributed by atoms with E-state index in [2.05, 4.69) is 21.5 Å². The average molecular weight is 255 g/mol. The molecule has 3 N–H and O–H groups in total.